The summed E-state index contributed by atoms with van der Waals surface area (Å²) in [6.07, 6.45) is -0.0448. The molecule has 0 heterocycles. The highest BCUT2D eigenvalue weighted by atomic mass is 35.5. The van der Waals surface area contributed by atoms with E-state index in [1.54, 1.807) is 7.11 Å². The summed E-state index contributed by atoms with van der Waals surface area (Å²) in [5, 5.41) is 2.86. The van der Waals surface area contributed by atoms with E-state index >= 15 is 0 Å². The van der Waals surface area contributed by atoms with Crippen LogP contribution in [0.2, 0.25) is 0 Å². The first-order valence-electron chi connectivity index (χ1n) is 6.88. The minimum absolute atomic E-state index is 0. The summed E-state index contributed by atoms with van der Waals surface area (Å²) in [6, 6.07) is 7.03. The van der Waals surface area contributed by atoms with Crippen LogP contribution in [0.3, 0.4) is 0 Å². The summed E-state index contributed by atoms with van der Waals surface area (Å²) in [4.78, 5) is 12.1. The number of rotatable bonds is 5. The average Bonchev–Trinajstić information content (AvgIpc) is 2.37. The SMILES string of the molecule is COC(CNC(=O)C(N)c1ccc(C)cc1)C(C)(C)C.Cl. The molecule has 0 aliphatic carbocycles. The van der Waals surface area contributed by atoms with E-state index in [0.29, 0.717) is 6.54 Å². The maximum atomic E-state index is 12.1. The summed E-state index contributed by atoms with van der Waals surface area (Å²) in [5.74, 6) is -0.180. The van der Waals surface area contributed by atoms with Crippen LogP contribution in [0.15, 0.2) is 24.3 Å². The number of nitrogens with one attached hydrogen (secondary N) is 1. The molecule has 1 amide bonds. The van der Waals surface area contributed by atoms with Crippen LogP contribution < -0.4 is 11.1 Å². The molecule has 0 aliphatic heterocycles. The Morgan fingerprint density at radius 2 is 1.81 bits per heavy atom. The lowest BCUT2D eigenvalue weighted by molar-refractivity contribution is -0.123. The van der Waals surface area contributed by atoms with Crippen molar-refractivity contribution in [1.82, 2.24) is 5.32 Å². The van der Waals surface area contributed by atoms with Gasteiger partial charge in [-0.1, -0.05) is 50.6 Å². The molecule has 0 saturated carbocycles. The number of halogens is 1. The Morgan fingerprint density at radius 1 is 1.29 bits per heavy atom. The Balaban J connectivity index is 0.00000400. The smallest absolute Gasteiger partial charge is 0.241 e. The Labute approximate surface area is 133 Å². The second kappa shape index (κ2) is 8.37. The van der Waals surface area contributed by atoms with Crippen LogP contribution in [-0.2, 0) is 9.53 Å². The van der Waals surface area contributed by atoms with Gasteiger partial charge in [0.1, 0.15) is 6.04 Å². The molecule has 0 aromatic heterocycles. The Bertz CT molecular complexity index is 441. The zero-order valence-corrected chi connectivity index (χ0v) is 14.3. The van der Waals surface area contributed by atoms with E-state index < -0.39 is 6.04 Å². The van der Waals surface area contributed by atoms with Gasteiger partial charge < -0.3 is 15.8 Å². The fourth-order valence-corrected chi connectivity index (χ4v) is 1.97. The van der Waals surface area contributed by atoms with Gasteiger partial charge in [0.15, 0.2) is 0 Å². The highest BCUT2D eigenvalue weighted by Crippen LogP contribution is 2.21. The van der Waals surface area contributed by atoms with Crippen molar-refractivity contribution in [3.8, 4) is 0 Å². The number of hydrogen-bond donors (Lipinski definition) is 2. The van der Waals surface area contributed by atoms with Gasteiger partial charge in [-0.05, 0) is 17.9 Å². The largest absolute Gasteiger partial charge is 0.379 e. The highest BCUT2D eigenvalue weighted by Gasteiger charge is 2.25. The summed E-state index contributed by atoms with van der Waals surface area (Å²) in [7, 11) is 1.65. The fraction of sp³-hybridized carbons (Fsp3) is 0.562. The molecular weight excluding hydrogens is 288 g/mol. The molecule has 3 N–H and O–H groups in total. The lowest BCUT2D eigenvalue weighted by Gasteiger charge is -2.29. The lowest BCUT2D eigenvalue weighted by Crippen LogP contribution is -2.43. The third kappa shape index (κ3) is 6.04. The second-order valence-corrected chi connectivity index (χ2v) is 6.22. The Kier molecular flexibility index (Phi) is 7.93. The molecule has 4 nitrogen and oxygen atoms in total. The van der Waals surface area contributed by atoms with Crippen LogP contribution in [-0.4, -0.2) is 25.7 Å². The molecule has 0 bridgehead atoms. The molecule has 1 rings (SSSR count). The van der Waals surface area contributed by atoms with Gasteiger partial charge in [0, 0.05) is 13.7 Å². The zero-order chi connectivity index (χ0) is 15.3. The van der Waals surface area contributed by atoms with Crippen LogP contribution in [0.1, 0.15) is 37.9 Å². The van der Waals surface area contributed by atoms with E-state index in [1.807, 2.05) is 31.2 Å². The van der Waals surface area contributed by atoms with Gasteiger partial charge in [-0.2, -0.15) is 0 Å². The maximum absolute atomic E-state index is 12.1. The highest BCUT2D eigenvalue weighted by molar-refractivity contribution is 5.85. The van der Waals surface area contributed by atoms with Crippen LogP contribution in [0, 0.1) is 12.3 Å². The van der Waals surface area contributed by atoms with Gasteiger partial charge in [-0.3, -0.25) is 4.79 Å². The van der Waals surface area contributed by atoms with Gasteiger partial charge in [-0.25, -0.2) is 0 Å². The number of ether oxygens (including phenoxy) is 1. The van der Waals surface area contributed by atoms with E-state index in [9.17, 15) is 4.79 Å². The average molecular weight is 315 g/mol. The fourth-order valence-electron chi connectivity index (χ4n) is 1.97. The zero-order valence-electron chi connectivity index (χ0n) is 13.5. The van der Waals surface area contributed by atoms with Crippen molar-refractivity contribution in [2.24, 2.45) is 11.1 Å². The first-order chi connectivity index (χ1) is 9.25. The molecule has 1 aromatic rings. The molecule has 0 fully saturated rings. The number of carbonyl (C=O) groups is 1. The van der Waals surface area contributed by atoms with Crippen molar-refractivity contribution in [3.05, 3.63) is 35.4 Å². The van der Waals surface area contributed by atoms with E-state index in [-0.39, 0.29) is 29.8 Å². The molecule has 2 atom stereocenters. The number of benzene rings is 1. The number of methoxy groups -OCH3 is 1. The summed E-state index contributed by atoms with van der Waals surface area (Å²) >= 11 is 0. The molecule has 120 valence electrons. The van der Waals surface area contributed by atoms with E-state index in [2.05, 4.69) is 26.1 Å². The monoisotopic (exact) mass is 314 g/mol. The van der Waals surface area contributed by atoms with Gasteiger partial charge in [0.2, 0.25) is 5.91 Å². The molecule has 1 aromatic carbocycles. The normalized spacial score (nSPS) is 14.0. The van der Waals surface area contributed by atoms with Gasteiger partial charge in [-0.15, -0.1) is 12.4 Å². The minimum Gasteiger partial charge on any atom is -0.379 e. The summed E-state index contributed by atoms with van der Waals surface area (Å²) in [6.45, 7) is 8.69. The number of carbonyl (C=O) groups excluding carboxylic acids is 1. The molecule has 0 aliphatic rings. The van der Waals surface area contributed by atoms with Crippen molar-refractivity contribution in [2.45, 2.75) is 39.8 Å². The van der Waals surface area contributed by atoms with Crippen molar-refractivity contribution >= 4 is 18.3 Å². The second-order valence-electron chi connectivity index (χ2n) is 6.22. The standard InChI is InChI=1S/C16H26N2O2.ClH/c1-11-6-8-12(9-7-11)14(17)15(19)18-10-13(20-5)16(2,3)4;/h6-9,13-14H,10,17H2,1-5H3,(H,18,19);1H. The lowest BCUT2D eigenvalue weighted by atomic mass is 9.89. The number of amides is 1. The third-order valence-corrected chi connectivity index (χ3v) is 3.43. The van der Waals surface area contributed by atoms with Crippen molar-refractivity contribution in [3.63, 3.8) is 0 Å². The van der Waals surface area contributed by atoms with Crippen molar-refractivity contribution in [1.29, 1.82) is 0 Å². The van der Waals surface area contributed by atoms with Gasteiger partial charge >= 0.3 is 0 Å². The molecule has 0 spiro atoms. The molecule has 0 saturated heterocycles. The number of nitrogens with two attached hydrogens (primary N) is 1. The maximum Gasteiger partial charge on any atom is 0.241 e. The topological polar surface area (TPSA) is 64.3 Å². The van der Waals surface area contributed by atoms with Crippen LogP contribution >= 0.6 is 12.4 Å². The predicted octanol–water partition coefficient (Wildman–Crippen LogP) is 2.59. The molecule has 0 radical (unpaired) electrons. The van der Waals surface area contributed by atoms with Gasteiger partial charge in [0.05, 0.1) is 6.10 Å². The Morgan fingerprint density at radius 3 is 2.24 bits per heavy atom. The summed E-state index contributed by atoms with van der Waals surface area (Å²) in [5.41, 5.74) is 7.90. The minimum atomic E-state index is -0.645. The molecule has 2 unspecified atom stereocenters. The quantitative estimate of drug-likeness (QED) is 0.878. The first-order valence-corrected chi connectivity index (χ1v) is 6.88. The number of aryl methyl sites for hydroxylation is 1. The third-order valence-electron chi connectivity index (χ3n) is 3.43. The predicted molar refractivity (Wildman–Crippen MR) is 88.6 cm³/mol. The van der Waals surface area contributed by atoms with Crippen LogP contribution in [0.4, 0.5) is 0 Å². The van der Waals surface area contributed by atoms with E-state index in [4.69, 9.17) is 10.5 Å². The Hall–Kier alpha value is -1.10. The molecular formula is C16H27ClN2O2. The van der Waals surface area contributed by atoms with Gasteiger partial charge in [0.25, 0.3) is 0 Å². The molecule has 5 heteroatoms. The van der Waals surface area contributed by atoms with Crippen molar-refractivity contribution in [2.75, 3.05) is 13.7 Å². The summed E-state index contributed by atoms with van der Waals surface area (Å²) < 4.78 is 5.41. The van der Waals surface area contributed by atoms with E-state index in [0.717, 1.165) is 11.1 Å². The van der Waals surface area contributed by atoms with Crippen LogP contribution in [0.5, 0.6) is 0 Å². The number of hydrogen-bond acceptors (Lipinski definition) is 3. The van der Waals surface area contributed by atoms with Crippen molar-refractivity contribution < 1.29 is 9.53 Å². The molecule has 21 heavy (non-hydrogen) atoms. The van der Waals surface area contributed by atoms with Crippen LogP contribution in [0.25, 0.3) is 0 Å². The van der Waals surface area contributed by atoms with E-state index in [1.165, 1.54) is 0 Å². The first kappa shape index (κ1) is 19.9.